The topological polar surface area (TPSA) is 137 Å². The second-order valence-corrected chi connectivity index (χ2v) is 6.96. The highest BCUT2D eigenvalue weighted by atomic mass is 32.1. The van der Waals surface area contributed by atoms with Crippen molar-refractivity contribution in [3.63, 3.8) is 0 Å². The molecule has 3 rings (SSSR count). The number of hydrogen-bond donors (Lipinski definition) is 3. The zero-order valence-corrected chi connectivity index (χ0v) is 16.9. The lowest BCUT2D eigenvalue weighted by molar-refractivity contribution is 0.0532. The molecule has 0 bridgehead atoms. The van der Waals surface area contributed by atoms with Gasteiger partial charge in [-0.3, -0.25) is 10.8 Å². The minimum Gasteiger partial charge on any atom is -0.462 e. The van der Waals surface area contributed by atoms with Crippen LogP contribution in [0.2, 0.25) is 0 Å². The number of thiazole rings is 1. The Balaban J connectivity index is 1.99. The van der Waals surface area contributed by atoms with E-state index in [0.717, 1.165) is 11.1 Å². The summed E-state index contributed by atoms with van der Waals surface area (Å²) in [7, 11) is 0. The van der Waals surface area contributed by atoms with Crippen molar-refractivity contribution in [2.45, 2.75) is 6.92 Å². The summed E-state index contributed by atoms with van der Waals surface area (Å²) in [6, 6.07) is 18.4. The Kier molecular flexibility index (Phi) is 6.52. The number of rotatable bonds is 7. The van der Waals surface area contributed by atoms with Gasteiger partial charge < -0.3 is 10.5 Å². The monoisotopic (exact) mass is 418 g/mol. The van der Waals surface area contributed by atoms with Gasteiger partial charge >= 0.3 is 5.97 Å². The molecule has 0 saturated carbocycles. The van der Waals surface area contributed by atoms with Gasteiger partial charge in [0.2, 0.25) is 5.71 Å². The Morgan fingerprint density at radius 2 is 2.00 bits per heavy atom. The number of nitriles is 1. The van der Waals surface area contributed by atoms with Crippen LogP contribution >= 0.6 is 11.3 Å². The van der Waals surface area contributed by atoms with Crippen molar-refractivity contribution in [1.82, 2.24) is 4.98 Å². The summed E-state index contributed by atoms with van der Waals surface area (Å²) in [5.41, 5.74) is 10.5. The first-order valence-corrected chi connectivity index (χ1v) is 9.77. The fraction of sp³-hybridized carbons (Fsp3) is 0.0952. The van der Waals surface area contributed by atoms with Crippen LogP contribution in [0, 0.1) is 16.7 Å². The van der Waals surface area contributed by atoms with E-state index in [4.69, 9.17) is 21.1 Å². The first-order valence-electron chi connectivity index (χ1n) is 8.95. The molecule has 8 nitrogen and oxygen atoms in total. The number of nitrogens with zero attached hydrogens (tertiary/aromatic N) is 3. The van der Waals surface area contributed by atoms with E-state index in [1.165, 1.54) is 11.3 Å². The second kappa shape index (κ2) is 9.45. The van der Waals surface area contributed by atoms with Crippen molar-refractivity contribution in [2.75, 3.05) is 12.0 Å². The highest BCUT2D eigenvalue weighted by Gasteiger charge is 2.21. The maximum absolute atomic E-state index is 12.5. The van der Waals surface area contributed by atoms with E-state index in [2.05, 4.69) is 15.5 Å². The summed E-state index contributed by atoms with van der Waals surface area (Å²) in [5.74, 6) is -0.841. The second-order valence-electron chi connectivity index (χ2n) is 5.96. The van der Waals surface area contributed by atoms with Crippen LogP contribution in [0.25, 0.3) is 21.8 Å². The quantitative estimate of drug-likeness (QED) is 0.230. The fourth-order valence-electron chi connectivity index (χ4n) is 2.56. The minimum atomic E-state index is -0.423. The molecule has 0 aliphatic rings. The molecule has 0 unspecified atom stereocenters. The van der Waals surface area contributed by atoms with E-state index in [9.17, 15) is 4.79 Å². The molecule has 1 heterocycles. The average Bonchev–Trinajstić information content (AvgIpc) is 3.21. The standard InChI is InChI=1S/C21H18N6O2S/c1-2-29-21(28)18-17(13-7-4-3-5-8-13)25-20(30-18)14-9-6-10-15(11-14)26-27-16(12-22)19(23)24/h3-11,26H,2H2,1H3,(H3,23,24)/b27-16+. The van der Waals surface area contributed by atoms with Crippen molar-refractivity contribution in [3.05, 3.63) is 59.5 Å². The number of anilines is 1. The number of carbonyl (C=O) groups is 1. The van der Waals surface area contributed by atoms with Gasteiger partial charge in [-0.05, 0) is 19.1 Å². The molecule has 4 N–H and O–H groups in total. The van der Waals surface area contributed by atoms with Crippen molar-refractivity contribution in [2.24, 2.45) is 10.8 Å². The fourth-order valence-corrected chi connectivity index (χ4v) is 3.54. The van der Waals surface area contributed by atoms with Crippen LogP contribution in [-0.4, -0.2) is 29.1 Å². The average molecular weight is 418 g/mol. The number of carbonyl (C=O) groups excluding carboxylic acids is 1. The summed E-state index contributed by atoms with van der Waals surface area (Å²) < 4.78 is 5.20. The van der Waals surface area contributed by atoms with Crippen molar-refractivity contribution in [3.8, 4) is 27.9 Å². The van der Waals surface area contributed by atoms with E-state index in [-0.39, 0.29) is 12.3 Å². The van der Waals surface area contributed by atoms with Crippen LogP contribution < -0.4 is 11.2 Å². The molecule has 0 aliphatic carbocycles. The molecule has 0 saturated heterocycles. The lowest BCUT2D eigenvalue weighted by Crippen LogP contribution is -2.21. The first-order chi connectivity index (χ1) is 14.5. The van der Waals surface area contributed by atoms with Gasteiger partial charge in [-0.25, -0.2) is 9.78 Å². The number of amidine groups is 1. The van der Waals surface area contributed by atoms with Crippen LogP contribution in [0.3, 0.4) is 0 Å². The molecule has 0 spiro atoms. The smallest absolute Gasteiger partial charge is 0.350 e. The molecule has 150 valence electrons. The highest BCUT2D eigenvalue weighted by Crippen LogP contribution is 2.35. The van der Waals surface area contributed by atoms with Crippen molar-refractivity contribution in [1.29, 1.82) is 10.7 Å². The van der Waals surface area contributed by atoms with E-state index < -0.39 is 11.8 Å². The van der Waals surface area contributed by atoms with Crippen molar-refractivity contribution < 1.29 is 9.53 Å². The lowest BCUT2D eigenvalue weighted by Gasteiger charge is -2.03. The molecule has 3 aromatic rings. The van der Waals surface area contributed by atoms with E-state index in [1.54, 1.807) is 31.2 Å². The number of nitrogens with one attached hydrogen (secondary N) is 2. The van der Waals surface area contributed by atoms with Gasteiger partial charge in [0.25, 0.3) is 0 Å². The third-order valence-corrected chi connectivity index (χ3v) is 4.99. The Hall–Kier alpha value is -4.03. The summed E-state index contributed by atoms with van der Waals surface area (Å²) in [6.07, 6.45) is 0. The number of ether oxygens (including phenoxy) is 1. The van der Waals surface area contributed by atoms with Crippen LogP contribution in [0.1, 0.15) is 16.6 Å². The maximum atomic E-state index is 12.5. The summed E-state index contributed by atoms with van der Waals surface area (Å²) in [4.78, 5) is 17.6. The largest absolute Gasteiger partial charge is 0.462 e. The maximum Gasteiger partial charge on any atom is 0.350 e. The summed E-state index contributed by atoms with van der Waals surface area (Å²) in [6.45, 7) is 2.03. The molecule has 0 fully saturated rings. The number of esters is 1. The molecular formula is C21H18N6O2S. The van der Waals surface area contributed by atoms with Crippen LogP contribution in [0.15, 0.2) is 59.7 Å². The summed E-state index contributed by atoms with van der Waals surface area (Å²) in [5, 5.41) is 20.7. The van der Waals surface area contributed by atoms with Gasteiger partial charge in [0, 0.05) is 11.1 Å². The molecule has 0 atom stereocenters. The van der Waals surface area contributed by atoms with Crippen LogP contribution in [0.4, 0.5) is 5.69 Å². The third kappa shape index (κ3) is 4.68. The van der Waals surface area contributed by atoms with Gasteiger partial charge in [0.1, 0.15) is 16.0 Å². The molecule has 30 heavy (non-hydrogen) atoms. The number of nitrogens with two attached hydrogens (primary N) is 1. The van der Waals surface area contributed by atoms with Gasteiger partial charge in [-0.1, -0.05) is 42.5 Å². The van der Waals surface area contributed by atoms with Crippen LogP contribution in [-0.2, 0) is 4.74 Å². The Morgan fingerprint density at radius 1 is 1.27 bits per heavy atom. The van der Waals surface area contributed by atoms with Gasteiger partial charge in [-0.2, -0.15) is 10.4 Å². The zero-order valence-electron chi connectivity index (χ0n) is 16.0. The Bertz CT molecular complexity index is 1150. The highest BCUT2D eigenvalue weighted by molar-refractivity contribution is 7.17. The van der Waals surface area contributed by atoms with Gasteiger partial charge in [0.15, 0.2) is 5.84 Å². The molecule has 9 heteroatoms. The summed E-state index contributed by atoms with van der Waals surface area (Å²) >= 11 is 1.24. The normalized spacial score (nSPS) is 10.9. The number of aromatic nitrogens is 1. The SMILES string of the molecule is CCOC(=O)c1sc(-c2cccc(N/N=C(\C#N)C(=N)N)c2)nc1-c1ccccc1. The first kappa shape index (κ1) is 20.7. The van der Waals surface area contributed by atoms with Crippen molar-refractivity contribution >= 4 is 34.5 Å². The van der Waals surface area contributed by atoms with E-state index in [1.807, 2.05) is 36.4 Å². The van der Waals surface area contributed by atoms with Gasteiger partial charge in [0.05, 0.1) is 18.0 Å². The van der Waals surface area contributed by atoms with E-state index >= 15 is 0 Å². The third-order valence-electron chi connectivity index (χ3n) is 3.90. The van der Waals surface area contributed by atoms with Crippen LogP contribution in [0.5, 0.6) is 0 Å². The van der Waals surface area contributed by atoms with E-state index in [0.29, 0.717) is 21.3 Å². The molecule has 0 aliphatic heterocycles. The lowest BCUT2D eigenvalue weighted by atomic mass is 10.1. The minimum absolute atomic E-state index is 0.217. The molecule has 1 aromatic heterocycles. The Morgan fingerprint density at radius 3 is 2.67 bits per heavy atom. The van der Waals surface area contributed by atoms with Gasteiger partial charge in [-0.15, -0.1) is 11.3 Å². The predicted molar refractivity (Wildman–Crippen MR) is 118 cm³/mol. The molecule has 0 amide bonds. The molecular weight excluding hydrogens is 400 g/mol. The Labute approximate surface area is 177 Å². The molecule has 2 aromatic carbocycles. The predicted octanol–water partition coefficient (Wildman–Crippen LogP) is 3.88. The number of benzene rings is 2. The number of hydrogen-bond acceptors (Lipinski definition) is 8. The molecule has 0 radical (unpaired) electrons. The zero-order chi connectivity index (χ0) is 21.5. The number of hydrazone groups is 1.